The molecule has 15 N–H and O–H groups in total. The lowest BCUT2D eigenvalue weighted by Crippen LogP contribution is -2.45. The van der Waals surface area contributed by atoms with E-state index in [9.17, 15) is 62.7 Å². The third-order valence-corrected chi connectivity index (χ3v) is 18.2. The van der Waals surface area contributed by atoms with Crippen molar-refractivity contribution in [2.45, 2.75) is 93.7 Å². The number of aromatic amines is 2. The zero-order valence-corrected chi connectivity index (χ0v) is 46.0. The van der Waals surface area contributed by atoms with Crippen molar-refractivity contribution in [3.05, 3.63) is 46.0 Å². The Morgan fingerprint density at radius 1 is 0.704 bits per heavy atom. The fourth-order valence-electron chi connectivity index (χ4n) is 9.30. The van der Waals surface area contributed by atoms with E-state index in [4.69, 9.17) is 59.0 Å². The second-order valence-corrected chi connectivity index (χ2v) is 24.4. The van der Waals surface area contributed by atoms with E-state index in [-0.39, 0.29) is 64.2 Å². The van der Waals surface area contributed by atoms with Crippen LogP contribution in [0.4, 0.5) is 17.7 Å². The molecule has 16 atom stereocenters. The van der Waals surface area contributed by atoms with Gasteiger partial charge in [0.15, 0.2) is 41.4 Å². The predicted molar refractivity (Wildman–Crippen MR) is 267 cm³/mol. The number of phosphoric ester groups is 3. The number of aryl methyl sites for hydroxylation is 1. The van der Waals surface area contributed by atoms with Gasteiger partial charge in [-0.15, -0.1) is 0 Å². The van der Waals surface area contributed by atoms with Crippen LogP contribution in [0.5, 0.6) is 0 Å². The molecular weight excluding hydrogens is 1170 g/mol. The molecule has 446 valence electrons. The monoisotopic (exact) mass is 1230 g/mol. The highest BCUT2D eigenvalue weighted by Crippen LogP contribution is 2.68. The lowest BCUT2D eigenvalue weighted by atomic mass is 9.95. The fraction of sp³-hybridized carbons (Fsp3) is 0.605. The van der Waals surface area contributed by atoms with Crippen LogP contribution in [0.15, 0.2) is 34.9 Å². The van der Waals surface area contributed by atoms with Crippen LogP contribution >= 0.6 is 31.3 Å². The molecule has 3 aliphatic rings. The normalized spacial score (nSPS) is 29.1. The van der Waals surface area contributed by atoms with Crippen molar-refractivity contribution in [3.8, 4) is 0 Å². The Labute approximate surface area is 453 Å². The van der Waals surface area contributed by atoms with Crippen molar-refractivity contribution in [2.75, 3.05) is 57.3 Å². The number of phosphoric acid groups is 4. The smallest absolute Gasteiger partial charge is 0.387 e. The van der Waals surface area contributed by atoms with Gasteiger partial charge in [0.2, 0.25) is 17.7 Å². The number of aliphatic hydroxyl groups excluding tert-OH is 3. The van der Waals surface area contributed by atoms with Gasteiger partial charge in [0, 0.05) is 26.2 Å². The SMILES string of the molecule is CCCCOCC[C@H]1[C@@H](O)[C@H]([n+]2cn(C)c3c(=O)[nH]c(N)nc32)O[C@@H]1COP(=O)(O)OP(=O)(O)OP(=O)(O)OCC1O[C@@H](n2cnc3c(N)ncnc32)[C@H](OC)[C@@H]1OP(=O)(O)OC[C@H]1O[C@@H](n2cnc3c(=O)[nH]c(N)nc32)[C@H](O)[C@@H]1O. The van der Waals surface area contributed by atoms with Crippen LogP contribution in [-0.2, 0) is 75.7 Å². The molecule has 5 unspecified atom stereocenters. The number of H-pyrrole nitrogens is 2. The Morgan fingerprint density at radius 2 is 1.32 bits per heavy atom. The maximum absolute atomic E-state index is 13.8. The maximum atomic E-state index is 13.8. The summed E-state index contributed by atoms with van der Waals surface area (Å²) < 4.78 is 117. The molecule has 0 aromatic carbocycles. The number of anilines is 3. The van der Waals surface area contributed by atoms with Gasteiger partial charge >= 0.3 is 36.9 Å². The molecule has 6 aromatic heterocycles. The summed E-state index contributed by atoms with van der Waals surface area (Å²) in [6, 6.07) is 0. The minimum Gasteiger partial charge on any atom is -0.387 e. The van der Waals surface area contributed by atoms with E-state index in [0.29, 0.717) is 6.61 Å². The van der Waals surface area contributed by atoms with Crippen molar-refractivity contribution in [3.63, 3.8) is 0 Å². The standard InChI is InChI=1S/C38H55N15O24P4/c1-4-5-7-68-8-6-16-17(72-34(23(16)54)53-15-50(2)22-31(53)47-38(41)49-33(22)58)9-70-79(61,62)76-81(65,66)77-80(63,64)71-11-19-26(27(67-3)36(74-19)51-13-44-20-28(39)42-12-43-29(20)51)75-78(59,60)69-10-18-24(55)25(56)35(73-18)52-14-45-21-30(52)46-37(40)48-32(21)57/h12-19,23-27,34-36,54-56H,4-11H2,1-3H3,(H11-,39,40,41,42,43,46,47,48,49,57,58,59,60,61,62,63,64,65,66)/p+1/t16-,17-,18-,19?,23-,24-,25-,26-,27-,34-,35-,36-/m1/s1. The zero-order chi connectivity index (χ0) is 58.5. The Bertz CT molecular complexity index is 3590. The number of hydrogen-bond donors (Lipinski definition) is 12. The number of nitrogens with two attached hydrogens (primary N) is 3. The molecule has 9 heterocycles. The molecule has 0 spiro atoms. The molecule has 3 fully saturated rings. The van der Waals surface area contributed by atoms with Crippen molar-refractivity contribution in [2.24, 2.45) is 13.0 Å². The molecule has 0 radical (unpaired) electrons. The minimum atomic E-state index is -6.19. The molecule has 0 bridgehead atoms. The van der Waals surface area contributed by atoms with E-state index in [0.717, 1.165) is 43.5 Å². The Balaban J connectivity index is 0.871. The number of aromatic nitrogens is 12. The first-order chi connectivity index (χ1) is 38.2. The van der Waals surface area contributed by atoms with Crippen molar-refractivity contribution >= 4 is 82.5 Å². The van der Waals surface area contributed by atoms with E-state index in [1.165, 1.54) is 27.1 Å². The number of methoxy groups -OCH3 is 1. The number of aliphatic hydroxyl groups is 3. The summed E-state index contributed by atoms with van der Waals surface area (Å²) in [5.74, 6) is -1.58. The summed E-state index contributed by atoms with van der Waals surface area (Å²) >= 11 is 0. The van der Waals surface area contributed by atoms with Crippen LogP contribution in [0.2, 0.25) is 0 Å². The number of nitrogen functional groups attached to an aromatic ring is 3. The quantitative estimate of drug-likeness (QED) is 0.0164. The van der Waals surface area contributed by atoms with Crippen LogP contribution in [0, 0.1) is 5.92 Å². The molecule has 81 heavy (non-hydrogen) atoms. The third kappa shape index (κ3) is 13.0. The van der Waals surface area contributed by atoms with E-state index in [1.807, 2.05) is 6.92 Å². The van der Waals surface area contributed by atoms with Crippen LogP contribution in [-0.4, -0.2) is 177 Å². The van der Waals surface area contributed by atoms with Gasteiger partial charge in [0.05, 0.1) is 45.6 Å². The van der Waals surface area contributed by atoms with E-state index in [1.54, 1.807) is 0 Å². The van der Waals surface area contributed by atoms with Crippen LogP contribution in [0.25, 0.3) is 33.5 Å². The number of hydrogen-bond acceptors (Lipinski definition) is 29. The van der Waals surface area contributed by atoms with Crippen molar-refractivity contribution in [1.29, 1.82) is 0 Å². The first-order valence-electron chi connectivity index (χ1n) is 24.1. The molecule has 43 heteroatoms. The lowest BCUT2D eigenvalue weighted by molar-refractivity contribution is -0.745. The van der Waals surface area contributed by atoms with Crippen LogP contribution in [0.1, 0.15) is 44.9 Å². The Hall–Kier alpha value is -5.15. The van der Waals surface area contributed by atoms with E-state index < -0.39 is 136 Å². The fourth-order valence-corrected chi connectivity index (χ4v) is 13.8. The van der Waals surface area contributed by atoms with Gasteiger partial charge in [0.25, 0.3) is 17.1 Å². The van der Waals surface area contributed by atoms with Gasteiger partial charge in [-0.25, -0.2) is 42.8 Å². The van der Waals surface area contributed by atoms with Crippen molar-refractivity contribution < 1.29 is 108 Å². The van der Waals surface area contributed by atoms with Gasteiger partial charge in [-0.05, 0) is 12.8 Å². The number of fused-ring (bicyclic) bond motifs is 3. The summed E-state index contributed by atoms with van der Waals surface area (Å²) in [6.45, 7) is -0.764. The number of unbranched alkanes of at least 4 members (excludes halogenated alkanes) is 1. The minimum absolute atomic E-state index is 0.000257. The second kappa shape index (κ2) is 23.8. The molecule has 9 rings (SSSR count). The highest BCUT2D eigenvalue weighted by molar-refractivity contribution is 7.66. The summed E-state index contributed by atoms with van der Waals surface area (Å²) in [7, 11) is -20.8. The zero-order valence-electron chi connectivity index (χ0n) is 42.5. The molecule has 6 aromatic rings. The second-order valence-electron chi connectivity index (χ2n) is 18.4. The summed E-state index contributed by atoms with van der Waals surface area (Å²) in [5, 5.41) is 33.4. The van der Waals surface area contributed by atoms with E-state index >= 15 is 0 Å². The highest BCUT2D eigenvalue weighted by atomic mass is 31.3. The van der Waals surface area contributed by atoms with Gasteiger partial charge in [0.1, 0.15) is 54.6 Å². The highest BCUT2D eigenvalue weighted by Gasteiger charge is 2.54. The topological polar surface area (TPSA) is 551 Å². The third-order valence-electron chi connectivity index (χ3n) is 13.0. The van der Waals surface area contributed by atoms with Gasteiger partial charge in [-0.2, -0.15) is 13.6 Å². The number of nitrogens with zero attached hydrogens (tertiary/aromatic N) is 10. The first kappa shape index (κ1) is 60.4. The first-order valence-corrected chi connectivity index (χ1v) is 30.1. The molecule has 3 saturated heterocycles. The van der Waals surface area contributed by atoms with Gasteiger partial charge < -0.3 is 75.8 Å². The predicted octanol–water partition coefficient (Wildman–Crippen LogP) is -2.25. The van der Waals surface area contributed by atoms with Crippen molar-refractivity contribution in [1.82, 2.24) is 53.6 Å². The van der Waals surface area contributed by atoms with Gasteiger partial charge in [-0.3, -0.25) is 51.4 Å². The van der Waals surface area contributed by atoms with E-state index in [2.05, 4.69) is 48.5 Å². The summed E-state index contributed by atoms with van der Waals surface area (Å²) in [5.41, 5.74) is 15.9. The average molecular weight is 1230 g/mol. The molecule has 0 saturated carbocycles. The molecule has 0 amide bonds. The number of ether oxygens (including phenoxy) is 5. The average Bonchev–Trinajstić information content (AvgIpc) is 4.33. The molecule has 0 aliphatic carbocycles. The van der Waals surface area contributed by atoms with Crippen LogP contribution < -0.4 is 32.9 Å². The number of rotatable bonds is 25. The Morgan fingerprint density at radius 3 is 2.01 bits per heavy atom. The van der Waals surface area contributed by atoms with Crippen LogP contribution in [0.3, 0.4) is 0 Å². The maximum Gasteiger partial charge on any atom is 0.490 e. The van der Waals surface area contributed by atoms with Gasteiger partial charge in [-0.1, -0.05) is 18.3 Å². The summed E-state index contributed by atoms with van der Waals surface area (Å²) in [4.78, 5) is 97.0. The molecule has 3 aliphatic heterocycles. The molecular formula is C38H56N15O24P4+. The molecule has 39 nitrogen and oxygen atoms in total. The Kier molecular flexibility index (Phi) is 17.8. The number of imidazole rings is 3. The lowest BCUT2D eigenvalue weighted by Gasteiger charge is -2.26. The summed E-state index contributed by atoms with van der Waals surface area (Å²) in [6.07, 6.45) is -11.1. The number of nitrogens with one attached hydrogen (secondary N) is 2. The largest absolute Gasteiger partial charge is 0.490 e.